The molecule has 0 saturated carbocycles. The van der Waals surface area contributed by atoms with E-state index < -0.39 is 0 Å². The first-order valence-electron chi connectivity index (χ1n) is 6.87. The Hall–Kier alpha value is -2.33. The van der Waals surface area contributed by atoms with Crippen molar-refractivity contribution in [2.45, 2.75) is 13.5 Å². The topological polar surface area (TPSA) is 50.4 Å². The minimum absolute atomic E-state index is 0.0471. The summed E-state index contributed by atoms with van der Waals surface area (Å²) in [5, 5.41) is 5.99. The fourth-order valence-electron chi connectivity index (χ4n) is 1.99. The molecule has 0 heterocycles. The highest BCUT2D eigenvalue weighted by Gasteiger charge is 2.02. The Kier molecular flexibility index (Phi) is 5.35. The van der Waals surface area contributed by atoms with Crippen LogP contribution in [0, 0.1) is 6.92 Å². The predicted molar refractivity (Wildman–Crippen MR) is 84.5 cm³/mol. The molecule has 2 aromatic carbocycles. The first kappa shape index (κ1) is 15.1. The van der Waals surface area contributed by atoms with Crippen LogP contribution in [0.1, 0.15) is 11.1 Å². The van der Waals surface area contributed by atoms with Crippen molar-refractivity contribution in [1.29, 1.82) is 0 Å². The zero-order chi connectivity index (χ0) is 15.1. The molecule has 0 aliphatic heterocycles. The average Bonchev–Trinajstić information content (AvgIpc) is 2.48. The fourth-order valence-corrected chi connectivity index (χ4v) is 1.99. The quantitative estimate of drug-likeness (QED) is 0.857. The van der Waals surface area contributed by atoms with Gasteiger partial charge < -0.3 is 15.4 Å². The number of amides is 1. The minimum atomic E-state index is -0.0471. The van der Waals surface area contributed by atoms with E-state index in [0.29, 0.717) is 6.54 Å². The number of aryl methyl sites for hydroxylation is 1. The lowest BCUT2D eigenvalue weighted by molar-refractivity contribution is -0.115. The van der Waals surface area contributed by atoms with Gasteiger partial charge in [0, 0.05) is 12.2 Å². The number of benzene rings is 2. The van der Waals surface area contributed by atoms with E-state index in [9.17, 15) is 4.79 Å². The molecule has 0 spiro atoms. The Morgan fingerprint density at radius 2 is 1.90 bits per heavy atom. The molecule has 4 nitrogen and oxygen atoms in total. The van der Waals surface area contributed by atoms with Gasteiger partial charge in [-0.15, -0.1) is 0 Å². The average molecular weight is 284 g/mol. The van der Waals surface area contributed by atoms with Gasteiger partial charge in [0.15, 0.2) is 0 Å². The van der Waals surface area contributed by atoms with E-state index in [1.165, 1.54) is 0 Å². The second-order valence-electron chi connectivity index (χ2n) is 4.87. The molecule has 0 aliphatic carbocycles. The third-order valence-electron chi connectivity index (χ3n) is 3.08. The van der Waals surface area contributed by atoms with Gasteiger partial charge in [0.1, 0.15) is 5.75 Å². The van der Waals surface area contributed by atoms with Crippen molar-refractivity contribution in [3.63, 3.8) is 0 Å². The van der Waals surface area contributed by atoms with E-state index in [2.05, 4.69) is 10.6 Å². The van der Waals surface area contributed by atoms with Crippen LogP contribution in [0.2, 0.25) is 0 Å². The highest BCUT2D eigenvalue weighted by Crippen LogP contribution is 2.11. The van der Waals surface area contributed by atoms with Gasteiger partial charge in [-0.3, -0.25) is 4.79 Å². The number of methoxy groups -OCH3 is 1. The monoisotopic (exact) mass is 284 g/mol. The molecule has 2 aromatic rings. The molecule has 0 saturated heterocycles. The largest absolute Gasteiger partial charge is 0.497 e. The van der Waals surface area contributed by atoms with Crippen molar-refractivity contribution >= 4 is 11.6 Å². The van der Waals surface area contributed by atoms with Crippen LogP contribution in [0.4, 0.5) is 5.69 Å². The smallest absolute Gasteiger partial charge is 0.238 e. The molecule has 4 heteroatoms. The highest BCUT2D eigenvalue weighted by atomic mass is 16.5. The normalized spacial score (nSPS) is 10.2. The number of rotatable bonds is 6. The van der Waals surface area contributed by atoms with Gasteiger partial charge in [-0.25, -0.2) is 0 Å². The number of nitrogens with one attached hydrogen (secondary N) is 2. The molecule has 2 N–H and O–H groups in total. The van der Waals surface area contributed by atoms with Crippen molar-refractivity contribution in [1.82, 2.24) is 5.32 Å². The lowest BCUT2D eigenvalue weighted by Gasteiger charge is -2.08. The Bertz CT molecular complexity index is 594. The molecule has 1 amide bonds. The zero-order valence-corrected chi connectivity index (χ0v) is 12.3. The molecular formula is C17H20N2O2. The second kappa shape index (κ2) is 7.45. The van der Waals surface area contributed by atoms with E-state index in [-0.39, 0.29) is 12.5 Å². The van der Waals surface area contributed by atoms with Crippen LogP contribution in [-0.2, 0) is 11.3 Å². The first-order valence-corrected chi connectivity index (χ1v) is 6.87. The molecule has 2 rings (SSSR count). The minimum Gasteiger partial charge on any atom is -0.497 e. The van der Waals surface area contributed by atoms with Gasteiger partial charge in [0.25, 0.3) is 0 Å². The van der Waals surface area contributed by atoms with E-state index in [0.717, 1.165) is 22.6 Å². The Morgan fingerprint density at radius 3 is 2.57 bits per heavy atom. The van der Waals surface area contributed by atoms with Crippen molar-refractivity contribution in [3.05, 3.63) is 59.7 Å². The van der Waals surface area contributed by atoms with E-state index in [1.807, 2.05) is 55.5 Å². The molecule has 0 atom stereocenters. The van der Waals surface area contributed by atoms with E-state index >= 15 is 0 Å². The fraction of sp³-hybridized carbons (Fsp3) is 0.235. The number of hydrogen-bond donors (Lipinski definition) is 2. The number of carbonyl (C=O) groups excluding carboxylic acids is 1. The lowest BCUT2D eigenvalue weighted by Crippen LogP contribution is -2.27. The Morgan fingerprint density at radius 1 is 1.14 bits per heavy atom. The van der Waals surface area contributed by atoms with Crippen LogP contribution in [0.15, 0.2) is 48.5 Å². The molecule has 0 aromatic heterocycles. The van der Waals surface area contributed by atoms with Gasteiger partial charge in [0.05, 0.1) is 13.7 Å². The van der Waals surface area contributed by atoms with Crippen molar-refractivity contribution < 1.29 is 9.53 Å². The molecule has 21 heavy (non-hydrogen) atoms. The van der Waals surface area contributed by atoms with Gasteiger partial charge in [-0.2, -0.15) is 0 Å². The second-order valence-corrected chi connectivity index (χ2v) is 4.87. The van der Waals surface area contributed by atoms with Crippen LogP contribution in [-0.4, -0.2) is 19.6 Å². The van der Waals surface area contributed by atoms with Crippen LogP contribution in [0.3, 0.4) is 0 Å². The van der Waals surface area contributed by atoms with Crippen LogP contribution >= 0.6 is 0 Å². The molecule has 0 bridgehead atoms. The summed E-state index contributed by atoms with van der Waals surface area (Å²) in [5.41, 5.74) is 3.06. The maximum Gasteiger partial charge on any atom is 0.238 e. The molecule has 0 aliphatic rings. The summed E-state index contributed by atoms with van der Waals surface area (Å²) in [4.78, 5) is 11.8. The number of anilines is 1. The van der Waals surface area contributed by atoms with Crippen LogP contribution in [0.5, 0.6) is 5.75 Å². The highest BCUT2D eigenvalue weighted by molar-refractivity contribution is 5.92. The Balaban J connectivity index is 1.76. The van der Waals surface area contributed by atoms with Crippen molar-refractivity contribution in [2.24, 2.45) is 0 Å². The van der Waals surface area contributed by atoms with Gasteiger partial charge >= 0.3 is 0 Å². The zero-order valence-electron chi connectivity index (χ0n) is 12.3. The summed E-state index contributed by atoms with van der Waals surface area (Å²) in [7, 11) is 1.64. The standard InChI is InChI=1S/C17H20N2O2/c1-13-4-3-5-15(10-13)19-17(20)12-18-11-14-6-8-16(21-2)9-7-14/h3-10,18H,11-12H2,1-2H3,(H,19,20). The third-order valence-corrected chi connectivity index (χ3v) is 3.08. The summed E-state index contributed by atoms with van der Waals surface area (Å²) in [6, 6.07) is 15.5. The lowest BCUT2D eigenvalue weighted by atomic mass is 10.2. The van der Waals surface area contributed by atoms with Crippen LogP contribution in [0.25, 0.3) is 0 Å². The summed E-state index contributed by atoms with van der Waals surface area (Å²) < 4.78 is 5.10. The van der Waals surface area contributed by atoms with Gasteiger partial charge in [0.2, 0.25) is 5.91 Å². The number of ether oxygens (including phenoxy) is 1. The number of hydrogen-bond acceptors (Lipinski definition) is 3. The summed E-state index contributed by atoms with van der Waals surface area (Å²) in [6.45, 7) is 2.92. The third kappa shape index (κ3) is 4.93. The molecule has 0 unspecified atom stereocenters. The predicted octanol–water partition coefficient (Wildman–Crippen LogP) is 2.73. The molecule has 0 radical (unpaired) electrons. The molecule has 110 valence electrons. The maximum atomic E-state index is 11.8. The van der Waals surface area contributed by atoms with Gasteiger partial charge in [-0.1, -0.05) is 24.3 Å². The van der Waals surface area contributed by atoms with E-state index in [4.69, 9.17) is 4.74 Å². The van der Waals surface area contributed by atoms with Crippen molar-refractivity contribution in [2.75, 3.05) is 19.0 Å². The van der Waals surface area contributed by atoms with Crippen molar-refractivity contribution in [3.8, 4) is 5.75 Å². The summed E-state index contributed by atoms with van der Waals surface area (Å²) in [6.07, 6.45) is 0. The Labute approximate surface area is 125 Å². The molecular weight excluding hydrogens is 264 g/mol. The summed E-state index contributed by atoms with van der Waals surface area (Å²) in [5.74, 6) is 0.782. The molecule has 0 fully saturated rings. The summed E-state index contributed by atoms with van der Waals surface area (Å²) >= 11 is 0. The van der Waals surface area contributed by atoms with E-state index in [1.54, 1.807) is 7.11 Å². The van der Waals surface area contributed by atoms with Crippen LogP contribution < -0.4 is 15.4 Å². The SMILES string of the molecule is COc1ccc(CNCC(=O)Nc2cccc(C)c2)cc1. The van der Waals surface area contributed by atoms with Gasteiger partial charge in [-0.05, 0) is 42.3 Å². The maximum absolute atomic E-state index is 11.8. The first-order chi connectivity index (χ1) is 10.2. The number of carbonyl (C=O) groups is 1.